The zero-order valence-corrected chi connectivity index (χ0v) is 12.9. The standard InChI is InChI=1S/C10H12Br2O6/c1-4(13)16-6(3-11)8-9(17-5(2)14)7(12)10(15)18-8/h6-9H,3H2,1-2H3/t6-,7+,8+,9+/m1/s1. The first-order valence-corrected chi connectivity index (χ1v) is 7.15. The van der Waals surface area contributed by atoms with E-state index in [4.69, 9.17) is 14.2 Å². The van der Waals surface area contributed by atoms with Gasteiger partial charge in [0.1, 0.15) is 0 Å². The third kappa shape index (κ3) is 3.68. The van der Waals surface area contributed by atoms with Crippen molar-refractivity contribution in [3.63, 3.8) is 0 Å². The molecule has 0 spiro atoms. The highest BCUT2D eigenvalue weighted by Crippen LogP contribution is 2.29. The number of alkyl halides is 2. The van der Waals surface area contributed by atoms with Gasteiger partial charge in [-0.1, -0.05) is 31.9 Å². The quantitative estimate of drug-likeness (QED) is 0.405. The van der Waals surface area contributed by atoms with Gasteiger partial charge >= 0.3 is 17.9 Å². The van der Waals surface area contributed by atoms with Crippen LogP contribution in [0.25, 0.3) is 0 Å². The lowest BCUT2D eigenvalue weighted by Gasteiger charge is -2.25. The average Bonchev–Trinajstić information content (AvgIpc) is 2.53. The van der Waals surface area contributed by atoms with Crippen molar-refractivity contribution < 1.29 is 28.6 Å². The third-order valence-electron chi connectivity index (χ3n) is 2.23. The molecule has 0 N–H and O–H groups in total. The first kappa shape index (κ1) is 15.4. The fourth-order valence-electron chi connectivity index (χ4n) is 1.57. The first-order chi connectivity index (χ1) is 8.36. The van der Waals surface area contributed by atoms with Crippen LogP contribution >= 0.6 is 31.9 Å². The molecule has 18 heavy (non-hydrogen) atoms. The van der Waals surface area contributed by atoms with E-state index in [9.17, 15) is 14.4 Å². The van der Waals surface area contributed by atoms with Crippen molar-refractivity contribution in [2.75, 3.05) is 5.33 Å². The van der Waals surface area contributed by atoms with E-state index in [1.54, 1.807) is 0 Å². The molecule has 0 aliphatic carbocycles. The number of carbonyl (C=O) groups excluding carboxylic acids is 3. The molecule has 102 valence electrons. The van der Waals surface area contributed by atoms with Gasteiger partial charge in [0, 0.05) is 19.2 Å². The number of esters is 3. The average molecular weight is 388 g/mol. The number of carbonyl (C=O) groups is 3. The van der Waals surface area contributed by atoms with Gasteiger partial charge < -0.3 is 14.2 Å². The van der Waals surface area contributed by atoms with Gasteiger partial charge in [-0.2, -0.15) is 0 Å². The molecule has 0 amide bonds. The van der Waals surface area contributed by atoms with E-state index in [0.29, 0.717) is 0 Å². The van der Waals surface area contributed by atoms with Crippen LogP contribution in [0, 0.1) is 0 Å². The molecule has 1 fully saturated rings. The largest absolute Gasteiger partial charge is 0.458 e. The Morgan fingerprint density at radius 1 is 1.39 bits per heavy atom. The SMILES string of the molecule is CC(=O)O[C@@H]1[C@H]([C@@H](CBr)OC(C)=O)OC(=O)[C@H]1Br. The number of hydrogen-bond donors (Lipinski definition) is 0. The smallest absolute Gasteiger partial charge is 0.324 e. The van der Waals surface area contributed by atoms with E-state index in [0.717, 1.165) is 0 Å². The summed E-state index contributed by atoms with van der Waals surface area (Å²) in [6.45, 7) is 2.48. The molecular formula is C10H12Br2O6. The summed E-state index contributed by atoms with van der Waals surface area (Å²) in [7, 11) is 0. The van der Waals surface area contributed by atoms with E-state index >= 15 is 0 Å². The highest BCUT2D eigenvalue weighted by molar-refractivity contribution is 9.10. The number of ether oxygens (including phenoxy) is 3. The maximum absolute atomic E-state index is 11.5. The lowest BCUT2D eigenvalue weighted by molar-refractivity contribution is -0.165. The number of rotatable bonds is 4. The Morgan fingerprint density at radius 2 is 2.00 bits per heavy atom. The Morgan fingerprint density at radius 3 is 2.44 bits per heavy atom. The minimum absolute atomic E-state index is 0.266. The maximum atomic E-state index is 11.5. The first-order valence-electron chi connectivity index (χ1n) is 5.11. The second kappa shape index (κ2) is 6.51. The van der Waals surface area contributed by atoms with Crippen LogP contribution in [-0.2, 0) is 28.6 Å². The lowest BCUT2D eigenvalue weighted by Crippen LogP contribution is -2.43. The van der Waals surface area contributed by atoms with E-state index in [1.165, 1.54) is 13.8 Å². The molecule has 0 radical (unpaired) electrons. The highest BCUT2D eigenvalue weighted by atomic mass is 79.9. The van der Waals surface area contributed by atoms with Crippen LogP contribution in [0.3, 0.4) is 0 Å². The number of hydrogen-bond acceptors (Lipinski definition) is 6. The molecule has 1 rings (SSSR count). The van der Waals surface area contributed by atoms with Gasteiger partial charge in [-0.15, -0.1) is 0 Å². The van der Waals surface area contributed by atoms with Crippen LogP contribution in [-0.4, -0.2) is 46.4 Å². The van der Waals surface area contributed by atoms with Gasteiger partial charge in [-0.05, 0) is 0 Å². The second-order valence-corrected chi connectivity index (χ2v) is 5.31. The van der Waals surface area contributed by atoms with Crippen LogP contribution < -0.4 is 0 Å². The number of cyclic esters (lactones) is 1. The molecular weight excluding hydrogens is 376 g/mol. The Balaban J connectivity index is 2.85. The van der Waals surface area contributed by atoms with E-state index in [1.807, 2.05) is 0 Å². The topological polar surface area (TPSA) is 78.9 Å². The summed E-state index contributed by atoms with van der Waals surface area (Å²) in [5.41, 5.74) is 0. The van der Waals surface area contributed by atoms with Crippen molar-refractivity contribution >= 4 is 49.8 Å². The van der Waals surface area contributed by atoms with Gasteiger partial charge in [-0.3, -0.25) is 14.4 Å². The lowest BCUT2D eigenvalue weighted by atomic mass is 10.1. The molecule has 1 heterocycles. The van der Waals surface area contributed by atoms with Gasteiger partial charge in [0.15, 0.2) is 23.1 Å². The molecule has 0 aromatic carbocycles. The molecule has 1 saturated heterocycles. The van der Waals surface area contributed by atoms with Crippen LogP contribution in [0.2, 0.25) is 0 Å². The fourth-order valence-corrected chi connectivity index (χ4v) is 2.59. The molecule has 8 heteroatoms. The molecule has 0 bridgehead atoms. The Labute approximate surface area is 121 Å². The Kier molecular flexibility index (Phi) is 5.58. The summed E-state index contributed by atoms with van der Waals surface area (Å²) in [4.78, 5) is 32.7. The zero-order chi connectivity index (χ0) is 13.9. The molecule has 4 atom stereocenters. The fraction of sp³-hybridized carbons (Fsp3) is 0.700. The summed E-state index contributed by atoms with van der Waals surface area (Å²) >= 11 is 6.26. The predicted molar refractivity (Wildman–Crippen MR) is 67.5 cm³/mol. The van der Waals surface area contributed by atoms with Crippen LogP contribution in [0.1, 0.15) is 13.8 Å². The normalized spacial score (nSPS) is 28.4. The third-order valence-corrected chi connectivity index (χ3v) is 3.76. The molecule has 1 aliphatic heterocycles. The molecule has 1 aliphatic rings. The van der Waals surface area contributed by atoms with Gasteiger partial charge in [0.05, 0.1) is 0 Å². The van der Waals surface area contributed by atoms with E-state index in [2.05, 4.69) is 31.9 Å². The van der Waals surface area contributed by atoms with Crippen molar-refractivity contribution in [1.29, 1.82) is 0 Å². The van der Waals surface area contributed by atoms with Crippen molar-refractivity contribution in [2.45, 2.75) is 37.0 Å². The van der Waals surface area contributed by atoms with E-state index < -0.39 is 41.0 Å². The Bertz CT molecular complexity index is 358. The molecule has 0 unspecified atom stereocenters. The Hall–Kier alpha value is -0.630. The van der Waals surface area contributed by atoms with Gasteiger partial charge in [-0.25, -0.2) is 0 Å². The maximum Gasteiger partial charge on any atom is 0.324 e. The van der Waals surface area contributed by atoms with Crippen LogP contribution in [0.5, 0.6) is 0 Å². The van der Waals surface area contributed by atoms with Crippen molar-refractivity contribution in [3.8, 4) is 0 Å². The monoisotopic (exact) mass is 386 g/mol. The number of halogens is 2. The minimum atomic E-state index is -0.825. The summed E-state index contributed by atoms with van der Waals surface area (Å²) in [6.07, 6.45) is -2.36. The predicted octanol–water partition coefficient (Wildman–Crippen LogP) is 0.934. The molecule has 0 aromatic rings. The van der Waals surface area contributed by atoms with Gasteiger partial charge in [0.25, 0.3) is 0 Å². The summed E-state index contributed by atoms with van der Waals surface area (Å²) in [6, 6.07) is 0. The van der Waals surface area contributed by atoms with Crippen molar-refractivity contribution in [2.24, 2.45) is 0 Å². The minimum Gasteiger partial charge on any atom is -0.458 e. The van der Waals surface area contributed by atoms with Crippen LogP contribution in [0.4, 0.5) is 0 Å². The van der Waals surface area contributed by atoms with E-state index in [-0.39, 0.29) is 5.33 Å². The molecule has 0 saturated carbocycles. The molecule has 6 nitrogen and oxygen atoms in total. The zero-order valence-electron chi connectivity index (χ0n) is 9.72. The summed E-state index contributed by atoms with van der Waals surface area (Å²) in [5, 5.41) is 0.266. The highest BCUT2D eigenvalue weighted by Gasteiger charge is 2.50. The van der Waals surface area contributed by atoms with Crippen LogP contribution in [0.15, 0.2) is 0 Å². The summed E-state index contributed by atoms with van der Waals surface area (Å²) in [5.74, 6) is -1.59. The summed E-state index contributed by atoms with van der Waals surface area (Å²) < 4.78 is 15.1. The van der Waals surface area contributed by atoms with Gasteiger partial charge in [0.2, 0.25) is 0 Å². The molecule has 0 aromatic heterocycles. The van der Waals surface area contributed by atoms with Crippen molar-refractivity contribution in [1.82, 2.24) is 0 Å². The second-order valence-electron chi connectivity index (χ2n) is 3.68. The van der Waals surface area contributed by atoms with Crippen molar-refractivity contribution in [3.05, 3.63) is 0 Å².